The second-order valence-electron chi connectivity index (χ2n) is 11.0. The van der Waals surface area contributed by atoms with E-state index in [0.29, 0.717) is 0 Å². The number of benzene rings is 4. The van der Waals surface area contributed by atoms with Crippen molar-refractivity contribution in [2.45, 2.75) is 25.7 Å². The minimum atomic E-state index is -3.95. The predicted molar refractivity (Wildman–Crippen MR) is 190 cm³/mol. The third-order valence-corrected chi connectivity index (χ3v) is 11.6. The Morgan fingerprint density at radius 2 is 0.920 bits per heavy atom. The van der Waals surface area contributed by atoms with Gasteiger partial charge in [-0.2, -0.15) is 30.3 Å². The average molecular weight is 741 g/mol. The quantitative estimate of drug-likeness (QED) is 0.0752. The summed E-state index contributed by atoms with van der Waals surface area (Å²) in [5.74, 6) is -0.189. The van der Waals surface area contributed by atoms with Gasteiger partial charge in [0.1, 0.15) is 11.7 Å². The standard InChI is InChI=1S/C34H27N4O4S2.C5H5.Fe/c35-32(28-19-9-11-21-30(28)43(39,40)26-15-3-1-4-16-26)37-23-24-38(34(37)25-13-7-8-14-25)33(36)29-20-10-12-22-31(29)44(41,42)27-17-5-2-6-18-27;1-2-4-5-3-1;/h1-24,34-36H;1-5H;/q2*-1;+2. The van der Waals surface area contributed by atoms with Crippen LogP contribution in [0.5, 0.6) is 0 Å². The molecule has 0 bridgehead atoms. The van der Waals surface area contributed by atoms with Crippen LogP contribution < -0.4 is 0 Å². The normalized spacial score (nSPS) is 14.0. The number of rotatable bonds is 7. The van der Waals surface area contributed by atoms with Gasteiger partial charge >= 0.3 is 17.1 Å². The summed E-state index contributed by atoms with van der Waals surface area (Å²) < 4.78 is 54.6. The van der Waals surface area contributed by atoms with Crippen molar-refractivity contribution in [2.75, 3.05) is 0 Å². The first-order chi connectivity index (χ1) is 23.7. The molecule has 8 nitrogen and oxygen atoms in total. The van der Waals surface area contributed by atoms with Gasteiger partial charge in [0, 0.05) is 23.5 Å². The third kappa shape index (κ3) is 7.17. The van der Waals surface area contributed by atoms with E-state index in [1.165, 1.54) is 36.4 Å². The van der Waals surface area contributed by atoms with Gasteiger partial charge in [0.05, 0.1) is 25.7 Å². The number of hydrogen-bond acceptors (Lipinski definition) is 6. The minimum Gasteiger partial charge on any atom is -0.317 e. The van der Waals surface area contributed by atoms with Gasteiger partial charge in [-0.15, -0.1) is 5.56 Å². The summed E-state index contributed by atoms with van der Waals surface area (Å²) in [5, 5.41) is 18.5. The molecule has 7 rings (SSSR count). The van der Waals surface area contributed by atoms with Crippen LogP contribution in [0, 0.1) is 10.8 Å². The predicted octanol–water partition coefficient (Wildman–Crippen LogP) is 7.61. The van der Waals surface area contributed by atoms with Crippen LogP contribution in [0.25, 0.3) is 0 Å². The number of amidine groups is 2. The molecular weight excluding hydrogens is 708 g/mol. The summed E-state index contributed by atoms with van der Waals surface area (Å²) in [6.07, 6.45) is 2.45. The molecule has 0 saturated carbocycles. The van der Waals surface area contributed by atoms with Gasteiger partial charge in [0.15, 0.2) is 0 Å². The Hall–Kier alpha value is -5.32. The molecule has 0 fully saturated rings. The zero-order valence-electron chi connectivity index (χ0n) is 26.5. The van der Waals surface area contributed by atoms with Crippen molar-refractivity contribution >= 4 is 31.3 Å². The maximum atomic E-state index is 13.7. The molecule has 1 aliphatic rings. The molecule has 1 heterocycles. The Kier molecular flexibility index (Phi) is 11.1. The molecule has 0 spiro atoms. The molecule has 50 heavy (non-hydrogen) atoms. The number of nitrogens with one attached hydrogen (secondary N) is 2. The van der Waals surface area contributed by atoms with E-state index in [-0.39, 0.29) is 59.4 Å². The van der Waals surface area contributed by atoms with Crippen LogP contribution in [0.2, 0.25) is 0 Å². The van der Waals surface area contributed by atoms with Gasteiger partial charge in [-0.05, 0) is 48.5 Å². The molecule has 2 N–H and O–H groups in total. The molecule has 252 valence electrons. The molecule has 0 aromatic heterocycles. The van der Waals surface area contributed by atoms with Crippen LogP contribution in [0.15, 0.2) is 196 Å². The van der Waals surface area contributed by atoms with Crippen molar-refractivity contribution in [1.29, 1.82) is 10.8 Å². The molecule has 1 aliphatic heterocycles. The summed E-state index contributed by atoms with van der Waals surface area (Å²) in [4.78, 5) is 3.36. The Bertz CT molecular complexity index is 2160. The van der Waals surface area contributed by atoms with Crippen LogP contribution in [0.4, 0.5) is 0 Å². The van der Waals surface area contributed by atoms with Gasteiger partial charge < -0.3 is 9.80 Å². The molecule has 0 unspecified atom stereocenters. The molecule has 6 aromatic rings. The van der Waals surface area contributed by atoms with Crippen LogP contribution in [0.3, 0.4) is 0 Å². The van der Waals surface area contributed by atoms with Gasteiger partial charge in [0.25, 0.3) is 0 Å². The van der Waals surface area contributed by atoms with Crippen molar-refractivity contribution in [3.05, 3.63) is 193 Å². The molecule has 0 aliphatic carbocycles. The van der Waals surface area contributed by atoms with Crippen molar-refractivity contribution in [3.8, 4) is 0 Å². The van der Waals surface area contributed by atoms with Gasteiger partial charge in [0.2, 0.25) is 19.7 Å². The maximum Gasteiger partial charge on any atom is 2.00 e. The first-order valence-corrected chi connectivity index (χ1v) is 18.3. The molecule has 0 radical (unpaired) electrons. The van der Waals surface area contributed by atoms with Gasteiger partial charge in [-0.25, -0.2) is 41.1 Å². The molecule has 0 atom stereocenters. The fraction of sp³-hybridized carbons (Fsp3) is 0.0256. The van der Waals surface area contributed by atoms with E-state index in [2.05, 4.69) is 0 Å². The van der Waals surface area contributed by atoms with Gasteiger partial charge in [-0.1, -0.05) is 60.7 Å². The summed E-state index contributed by atoms with van der Waals surface area (Å²) in [6.45, 7) is 0. The van der Waals surface area contributed by atoms with E-state index in [1.807, 2.05) is 54.6 Å². The van der Waals surface area contributed by atoms with Gasteiger partial charge in [-0.3, -0.25) is 10.8 Å². The molecule has 0 amide bonds. The zero-order valence-corrected chi connectivity index (χ0v) is 29.3. The average Bonchev–Trinajstić information content (AvgIpc) is 3.96. The topological polar surface area (TPSA) is 122 Å². The first-order valence-electron chi connectivity index (χ1n) is 15.3. The number of hydrogen-bond donors (Lipinski definition) is 2. The smallest absolute Gasteiger partial charge is 0.317 e. The number of nitrogens with zero attached hydrogens (tertiary/aromatic N) is 2. The fourth-order valence-corrected chi connectivity index (χ4v) is 8.52. The van der Waals surface area contributed by atoms with Crippen LogP contribution in [0.1, 0.15) is 22.9 Å². The second-order valence-corrected chi connectivity index (χ2v) is 14.8. The van der Waals surface area contributed by atoms with E-state index in [1.54, 1.807) is 95.0 Å². The molecule has 6 aromatic carbocycles. The Morgan fingerprint density at radius 3 is 1.30 bits per heavy atom. The maximum absolute atomic E-state index is 13.7. The summed E-state index contributed by atoms with van der Waals surface area (Å²) in [5.41, 5.74) is 1.12. The Balaban J connectivity index is 0.000000745. The first kappa shape index (κ1) is 36.0. The van der Waals surface area contributed by atoms with E-state index in [0.717, 1.165) is 5.56 Å². The SMILES string of the molecule is N=C(c1ccccc1S(=O)(=O)c1ccccc1)N1C=CN(C(=N)c2ccccc2S(=O)(=O)c2ccccc2)C1[c-]1cccc1.[Fe+2].c1cc[cH-]c1. The molecular formula is C39H32FeN4O4S2. The largest absolute Gasteiger partial charge is 2.00 e. The van der Waals surface area contributed by atoms with Crippen LogP contribution in [-0.2, 0) is 36.7 Å². The van der Waals surface area contributed by atoms with Crippen molar-refractivity contribution in [1.82, 2.24) is 9.80 Å². The third-order valence-electron chi connectivity index (χ3n) is 7.94. The fourth-order valence-electron chi connectivity index (χ4n) is 5.56. The van der Waals surface area contributed by atoms with E-state index < -0.39 is 25.8 Å². The minimum absolute atomic E-state index is 0. The summed E-state index contributed by atoms with van der Waals surface area (Å²) in [7, 11) is -7.90. The summed E-state index contributed by atoms with van der Waals surface area (Å²) in [6, 6.07) is 46.2. The van der Waals surface area contributed by atoms with Crippen molar-refractivity contribution in [3.63, 3.8) is 0 Å². The Labute approximate surface area is 303 Å². The Morgan fingerprint density at radius 1 is 0.540 bits per heavy atom. The summed E-state index contributed by atoms with van der Waals surface area (Å²) >= 11 is 0. The van der Waals surface area contributed by atoms with E-state index in [4.69, 9.17) is 0 Å². The van der Waals surface area contributed by atoms with Crippen molar-refractivity contribution in [2.24, 2.45) is 0 Å². The molecule has 11 heteroatoms. The second kappa shape index (κ2) is 15.5. The van der Waals surface area contributed by atoms with E-state index in [9.17, 15) is 27.7 Å². The van der Waals surface area contributed by atoms with E-state index >= 15 is 0 Å². The number of sulfone groups is 2. The van der Waals surface area contributed by atoms with Crippen LogP contribution in [-0.4, -0.2) is 38.3 Å². The monoisotopic (exact) mass is 740 g/mol. The zero-order chi connectivity index (χ0) is 34.4. The van der Waals surface area contributed by atoms with Crippen LogP contribution >= 0.6 is 0 Å². The molecule has 0 saturated heterocycles. The van der Waals surface area contributed by atoms with Crippen molar-refractivity contribution < 1.29 is 33.9 Å².